The number of hydrogen-bond donors (Lipinski definition) is 1. The molecule has 1 atom stereocenters. The monoisotopic (exact) mass is 116 g/mol. The molecule has 0 aromatic rings. The van der Waals surface area contributed by atoms with Gasteiger partial charge in [-0.3, -0.25) is 4.79 Å². The predicted molar refractivity (Wildman–Crippen MR) is 26.2 cm³/mol. The van der Waals surface area contributed by atoms with Gasteiger partial charge in [0.1, 0.15) is 6.61 Å². The second-order valence-electron chi connectivity index (χ2n) is 1.88. The summed E-state index contributed by atoms with van der Waals surface area (Å²) >= 11 is 0. The molecule has 3 nitrogen and oxygen atoms in total. The highest BCUT2D eigenvalue weighted by Crippen LogP contribution is 2.05. The number of aliphatic hydroxyl groups is 1. The van der Waals surface area contributed by atoms with Gasteiger partial charge in [0.2, 0.25) is 0 Å². The first-order valence-corrected chi connectivity index (χ1v) is 2.63. The van der Waals surface area contributed by atoms with Crippen LogP contribution in [0.4, 0.5) is 0 Å². The molecule has 0 saturated carbocycles. The Morgan fingerprint density at radius 3 is 2.88 bits per heavy atom. The number of carbonyl (C=O) groups excluding carboxylic acids is 1. The summed E-state index contributed by atoms with van der Waals surface area (Å²) in [5, 5.41) is 8.75. The van der Waals surface area contributed by atoms with Crippen LogP contribution in [0.1, 0.15) is 12.8 Å². The van der Waals surface area contributed by atoms with Gasteiger partial charge < -0.3 is 9.84 Å². The third-order valence-electron chi connectivity index (χ3n) is 1.12. The van der Waals surface area contributed by atoms with Crippen molar-refractivity contribution in [2.24, 2.45) is 0 Å². The van der Waals surface area contributed by atoms with Crippen LogP contribution >= 0.6 is 0 Å². The van der Waals surface area contributed by atoms with E-state index in [-0.39, 0.29) is 12.6 Å². The van der Waals surface area contributed by atoms with Crippen molar-refractivity contribution in [1.29, 1.82) is 0 Å². The Balaban J connectivity index is 2.29. The highest BCUT2D eigenvalue weighted by Gasteiger charge is 2.16. The Bertz CT molecular complexity index is 89.8. The quantitative estimate of drug-likeness (QED) is 0.441. The zero-order chi connectivity index (χ0) is 5.98. The number of hydrogen-bond acceptors (Lipinski definition) is 3. The Morgan fingerprint density at radius 2 is 2.50 bits per heavy atom. The number of aliphatic hydroxyl groups excluding tert-OH is 1. The van der Waals surface area contributed by atoms with Gasteiger partial charge in [0.15, 0.2) is 0 Å². The Morgan fingerprint density at radius 1 is 1.75 bits per heavy atom. The summed E-state index contributed by atoms with van der Waals surface area (Å²) in [6.45, 7) is 0.179. The first-order valence-electron chi connectivity index (χ1n) is 2.63. The average Bonchev–Trinajstić information content (AvgIpc) is 1.77. The van der Waals surface area contributed by atoms with Gasteiger partial charge in [-0.2, -0.15) is 0 Å². The van der Waals surface area contributed by atoms with Crippen LogP contribution < -0.4 is 0 Å². The SMILES string of the molecule is O=C1CC[C@@H](O)CO1. The molecule has 1 N–H and O–H groups in total. The molecule has 1 fully saturated rings. The van der Waals surface area contributed by atoms with E-state index in [2.05, 4.69) is 4.74 Å². The van der Waals surface area contributed by atoms with Crippen LogP contribution in [0.15, 0.2) is 0 Å². The van der Waals surface area contributed by atoms with E-state index in [1.54, 1.807) is 0 Å². The van der Waals surface area contributed by atoms with Crippen molar-refractivity contribution < 1.29 is 14.6 Å². The lowest BCUT2D eigenvalue weighted by molar-refractivity contribution is -0.152. The zero-order valence-electron chi connectivity index (χ0n) is 4.46. The first-order chi connectivity index (χ1) is 3.79. The fourth-order valence-electron chi connectivity index (χ4n) is 0.629. The van der Waals surface area contributed by atoms with Gasteiger partial charge in [-0.15, -0.1) is 0 Å². The molecule has 0 spiro atoms. The summed E-state index contributed by atoms with van der Waals surface area (Å²) in [4.78, 5) is 10.3. The van der Waals surface area contributed by atoms with E-state index in [0.717, 1.165) is 0 Å². The standard InChI is InChI=1S/C5H8O3/c6-4-1-2-5(7)8-3-4/h4,6H,1-3H2/t4-/m1/s1. The van der Waals surface area contributed by atoms with Crippen molar-refractivity contribution in [2.45, 2.75) is 18.9 Å². The molecule has 1 heterocycles. The largest absolute Gasteiger partial charge is 0.463 e. The molecule has 1 aliphatic heterocycles. The summed E-state index contributed by atoms with van der Waals surface area (Å²) in [5.74, 6) is -0.199. The van der Waals surface area contributed by atoms with E-state index < -0.39 is 6.10 Å². The second-order valence-corrected chi connectivity index (χ2v) is 1.88. The maximum atomic E-state index is 10.3. The van der Waals surface area contributed by atoms with Crippen molar-refractivity contribution in [1.82, 2.24) is 0 Å². The molecule has 46 valence electrons. The van der Waals surface area contributed by atoms with Crippen molar-refractivity contribution in [3.63, 3.8) is 0 Å². The molecule has 1 saturated heterocycles. The molecule has 8 heavy (non-hydrogen) atoms. The summed E-state index contributed by atoms with van der Waals surface area (Å²) in [6.07, 6.45) is 0.493. The summed E-state index contributed by atoms with van der Waals surface area (Å²) in [7, 11) is 0. The van der Waals surface area contributed by atoms with Gasteiger partial charge in [0.05, 0.1) is 6.10 Å². The summed E-state index contributed by atoms with van der Waals surface area (Å²) in [5.41, 5.74) is 0. The minimum atomic E-state index is -0.423. The zero-order valence-corrected chi connectivity index (χ0v) is 4.46. The number of esters is 1. The van der Waals surface area contributed by atoms with Gasteiger partial charge in [0.25, 0.3) is 0 Å². The van der Waals surface area contributed by atoms with Crippen LogP contribution in [-0.2, 0) is 9.53 Å². The second kappa shape index (κ2) is 2.13. The average molecular weight is 116 g/mol. The molecule has 0 bridgehead atoms. The number of carbonyl (C=O) groups is 1. The highest BCUT2D eigenvalue weighted by atomic mass is 16.5. The van der Waals surface area contributed by atoms with Crippen molar-refractivity contribution >= 4 is 5.97 Å². The molecule has 0 unspecified atom stereocenters. The molecule has 1 aliphatic rings. The molecule has 0 amide bonds. The van der Waals surface area contributed by atoms with Crippen molar-refractivity contribution in [3.8, 4) is 0 Å². The third-order valence-corrected chi connectivity index (χ3v) is 1.12. The van der Waals surface area contributed by atoms with Crippen LogP contribution in [-0.4, -0.2) is 23.8 Å². The number of cyclic esters (lactones) is 1. The minimum Gasteiger partial charge on any atom is -0.463 e. The Kier molecular flexibility index (Phi) is 1.48. The van der Waals surface area contributed by atoms with Crippen molar-refractivity contribution in [2.75, 3.05) is 6.61 Å². The smallest absolute Gasteiger partial charge is 0.305 e. The summed E-state index contributed by atoms with van der Waals surface area (Å²) in [6, 6.07) is 0. The van der Waals surface area contributed by atoms with E-state index in [0.29, 0.717) is 12.8 Å². The van der Waals surface area contributed by atoms with E-state index in [9.17, 15) is 4.79 Å². The Labute approximate surface area is 47.3 Å². The van der Waals surface area contributed by atoms with Gasteiger partial charge in [-0.25, -0.2) is 0 Å². The highest BCUT2D eigenvalue weighted by molar-refractivity contribution is 5.70. The maximum Gasteiger partial charge on any atom is 0.305 e. The minimum absolute atomic E-state index is 0.179. The molecule has 0 aromatic heterocycles. The maximum absolute atomic E-state index is 10.3. The first kappa shape index (κ1) is 5.56. The van der Waals surface area contributed by atoms with Gasteiger partial charge in [-0.1, -0.05) is 0 Å². The lowest BCUT2D eigenvalue weighted by Gasteiger charge is -2.15. The number of rotatable bonds is 0. The van der Waals surface area contributed by atoms with E-state index in [4.69, 9.17) is 5.11 Å². The molecule has 0 radical (unpaired) electrons. The van der Waals surface area contributed by atoms with Crippen molar-refractivity contribution in [3.05, 3.63) is 0 Å². The lowest BCUT2D eigenvalue weighted by Crippen LogP contribution is -2.25. The lowest BCUT2D eigenvalue weighted by atomic mass is 10.2. The third kappa shape index (κ3) is 1.20. The Hall–Kier alpha value is -0.570. The van der Waals surface area contributed by atoms with E-state index in [1.807, 2.05) is 0 Å². The summed E-state index contributed by atoms with van der Waals surface area (Å²) < 4.78 is 4.50. The topological polar surface area (TPSA) is 46.5 Å². The van der Waals surface area contributed by atoms with Gasteiger partial charge in [0, 0.05) is 6.42 Å². The van der Waals surface area contributed by atoms with Gasteiger partial charge in [-0.05, 0) is 6.42 Å². The van der Waals surface area contributed by atoms with E-state index >= 15 is 0 Å². The van der Waals surface area contributed by atoms with Crippen LogP contribution in [0.25, 0.3) is 0 Å². The molecular formula is C5H8O3. The molecule has 3 heteroatoms. The fourth-order valence-corrected chi connectivity index (χ4v) is 0.629. The van der Waals surface area contributed by atoms with E-state index in [1.165, 1.54) is 0 Å². The molecule has 1 rings (SSSR count). The van der Waals surface area contributed by atoms with Crippen LogP contribution in [0.2, 0.25) is 0 Å². The predicted octanol–water partition coefficient (Wildman–Crippen LogP) is -0.316. The normalized spacial score (nSPS) is 29.6. The molecule has 0 aliphatic carbocycles. The number of ether oxygens (including phenoxy) is 1. The van der Waals surface area contributed by atoms with Gasteiger partial charge >= 0.3 is 5.97 Å². The molecule has 0 aromatic carbocycles. The van der Waals surface area contributed by atoms with Crippen LogP contribution in [0.3, 0.4) is 0 Å². The van der Waals surface area contributed by atoms with Crippen LogP contribution in [0.5, 0.6) is 0 Å². The molecular weight excluding hydrogens is 108 g/mol. The fraction of sp³-hybridized carbons (Fsp3) is 0.800. The van der Waals surface area contributed by atoms with Crippen LogP contribution in [0, 0.1) is 0 Å².